The number of fused-ring (bicyclic) bond motifs is 1. The summed E-state index contributed by atoms with van der Waals surface area (Å²) in [7, 11) is 0. The molecule has 6 nitrogen and oxygen atoms in total. The van der Waals surface area contributed by atoms with E-state index in [2.05, 4.69) is 161 Å². The Balaban J connectivity index is 1.08. The minimum atomic E-state index is 0.470. The predicted octanol–water partition coefficient (Wildman–Crippen LogP) is 13.5. The van der Waals surface area contributed by atoms with Crippen molar-refractivity contribution in [3.63, 3.8) is 0 Å². The van der Waals surface area contributed by atoms with E-state index in [-0.39, 0.29) is 0 Å². The second-order valence-corrected chi connectivity index (χ2v) is 13.9. The third kappa shape index (κ3) is 6.69. The normalized spacial score (nSPS) is 11.1. The van der Waals surface area contributed by atoms with Crippen molar-refractivity contribution in [2.45, 2.75) is 0 Å². The highest BCUT2D eigenvalue weighted by Gasteiger charge is 2.20. The van der Waals surface area contributed by atoms with E-state index in [1.54, 1.807) is 0 Å². The highest BCUT2D eigenvalue weighted by atomic mass is 16.4. The van der Waals surface area contributed by atoms with Crippen molar-refractivity contribution in [1.82, 2.24) is 20.2 Å². The van der Waals surface area contributed by atoms with Gasteiger partial charge in [0.15, 0.2) is 0 Å². The molecule has 0 atom stereocenters. The van der Waals surface area contributed by atoms with Crippen LogP contribution in [0.15, 0.2) is 217 Å². The van der Waals surface area contributed by atoms with Gasteiger partial charge in [0.25, 0.3) is 0 Å². The fraction of sp³-hybridized carbons (Fsp3) is 0. The molecule has 6 heteroatoms. The van der Waals surface area contributed by atoms with Gasteiger partial charge >= 0.3 is 0 Å². The van der Waals surface area contributed by atoms with Crippen molar-refractivity contribution in [3.8, 4) is 67.7 Å². The average Bonchev–Trinajstić information content (AvgIpc) is 3.81. The first kappa shape index (κ1) is 34.5. The highest BCUT2D eigenvalue weighted by Crippen LogP contribution is 2.41. The Morgan fingerprint density at radius 3 is 1.07 bits per heavy atom. The van der Waals surface area contributed by atoms with Crippen molar-refractivity contribution in [1.29, 1.82) is 0 Å². The van der Waals surface area contributed by atoms with Crippen LogP contribution < -0.4 is 4.90 Å². The van der Waals surface area contributed by atoms with Crippen LogP contribution in [-0.2, 0) is 0 Å². The zero-order valence-corrected chi connectivity index (χ0v) is 31.4. The van der Waals surface area contributed by atoms with E-state index in [4.69, 9.17) is 14.4 Å². The van der Waals surface area contributed by atoms with E-state index in [9.17, 15) is 0 Å². The first-order chi connectivity index (χ1) is 28.8. The van der Waals surface area contributed by atoms with Crippen molar-refractivity contribution >= 4 is 28.1 Å². The number of hydrogen-bond acceptors (Lipinski definition) is 6. The number of nitrogens with zero attached hydrogens (tertiary/aromatic N) is 5. The standard InChI is InChI=1S/C52H35N5O/c1-6-16-36(17-7-1)45-34-35-46(37-18-8-2-9-19-37)50-49(45)53-47(38-20-10-3-11-21-38)48(54-50)39-26-30-43(31-27-39)57(42-24-14-5-15-25-42)44-32-28-41(29-33-44)52-56-55-51(58-52)40-22-12-4-13-23-40/h1-35H. The number of anilines is 3. The molecule has 0 saturated carbocycles. The number of rotatable bonds is 9. The second kappa shape index (κ2) is 15.3. The van der Waals surface area contributed by atoms with Gasteiger partial charge in [-0.25, -0.2) is 9.97 Å². The molecule has 0 amide bonds. The van der Waals surface area contributed by atoms with Crippen LogP contribution in [-0.4, -0.2) is 20.2 Å². The molecular weight excluding hydrogens is 711 g/mol. The Morgan fingerprint density at radius 1 is 0.293 bits per heavy atom. The Bertz CT molecular complexity index is 2950. The molecule has 2 heterocycles. The predicted molar refractivity (Wildman–Crippen MR) is 235 cm³/mol. The van der Waals surface area contributed by atoms with Crippen LogP contribution in [0.5, 0.6) is 0 Å². The van der Waals surface area contributed by atoms with Gasteiger partial charge in [-0.05, 0) is 71.8 Å². The second-order valence-electron chi connectivity index (χ2n) is 13.9. The minimum absolute atomic E-state index is 0.470. The molecule has 0 bridgehead atoms. The summed E-state index contributed by atoms with van der Waals surface area (Å²) in [6, 6.07) is 72.5. The molecular formula is C52H35N5O. The maximum atomic E-state index is 6.06. The molecule has 58 heavy (non-hydrogen) atoms. The van der Waals surface area contributed by atoms with E-state index >= 15 is 0 Å². The largest absolute Gasteiger partial charge is 0.416 e. The fourth-order valence-corrected chi connectivity index (χ4v) is 7.42. The monoisotopic (exact) mass is 745 g/mol. The molecule has 0 fully saturated rings. The summed E-state index contributed by atoms with van der Waals surface area (Å²) in [5.41, 5.74) is 14.4. The highest BCUT2D eigenvalue weighted by molar-refractivity contribution is 6.03. The molecule has 0 unspecified atom stereocenters. The molecule has 274 valence electrons. The number of para-hydroxylation sites is 1. The smallest absolute Gasteiger partial charge is 0.248 e. The van der Waals surface area contributed by atoms with Crippen molar-refractivity contribution in [2.24, 2.45) is 0 Å². The molecule has 0 aliphatic heterocycles. The van der Waals surface area contributed by atoms with Crippen LogP contribution >= 0.6 is 0 Å². The maximum Gasteiger partial charge on any atom is 0.248 e. The molecule has 0 radical (unpaired) electrons. The summed E-state index contributed by atoms with van der Waals surface area (Å²) in [5, 5.41) is 8.63. The number of benzene rings is 8. The quantitative estimate of drug-likeness (QED) is 0.147. The zero-order valence-electron chi connectivity index (χ0n) is 31.4. The Labute approximate surface area is 336 Å². The van der Waals surface area contributed by atoms with Crippen molar-refractivity contribution in [3.05, 3.63) is 212 Å². The van der Waals surface area contributed by atoms with Gasteiger partial charge in [0.2, 0.25) is 11.8 Å². The lowest BCUT2D eigenvalue weighted by molar-refractivity contribution is 0.584. The van der Waals surface area contributed by atoms with Gasteiger partial charge in [-0.2, -0.15) is 0 Å². The molecule has 0 aliphatic rings. The Morgan fingerprint density at radius 2 is 0.621 bits per heavy atom. The summed E-state index contributed by atoms with van der Waals surface area (Å²) >= 11 is 0. The van der Waals surface area contributed by atoms with E-state index < -0.39 is 0 Å². The number of hydrogen-bond donors (Lipinski definition) is 0. The van der Waals surface area contributed by atoms with Crippen molar-refractivity contribution < 1.29 is 4.42 Å². The van der Waals surface area contributed by atoms with Crippen LogP contribution in [0.1, 0.15) is 0 Å². The zero-order chi connectivity index (χ0) is 38.7. The lowest BCUT2D eigenvalue weighted by atomic mass is 9.96. The van der Waals surface area contributed by atoms with E-state index in [0.717, 1.165) is 84.0 Å². The Kier molecular flexibility index (Phi) is 9.10. The summed E-state index contributed by atoms with van der Waals surface area (Å²) in [5.74, 6) is 0.961. The lowest BCUT2D eigenvalue weighted by Gasteiger charge is -2.26. The molecule has 10 rings (SSSR count). The van der Waals surface area contributed by atoms with Crippen LogP contribution in [0.2, 0.25) is 0 Å². The van der Waals surface area contributed by atoms with Crippen LogP contribution in [0.25, 0.3) is 78.7 Å². The molecule has 0 saturated heterocycles. The molecule has 0 spiro atoms. The van der Waals surface area contributed by atoms with Gasteiger partial charge in [-0.15, -0.1) is 10.2 Å². The Hall–Kier alpha value is -7.96. The fourth-order valence-electron chi connectivity index (χ4n) is 7.42. The van der Waals surface area contributed by atoms with Crippen molar-refractivity contribution in [2.75, 3.05) is 4.90 Å². The van der Waals surface area contributed by atoms with Crippen LogP contribution in [0, 0.1) is 0 Å². The third-order valence-electron chi connectivity index (χ3n) is 10.3. The van der Waals surface area contributed by atoms with Crippen LogP contribution in [0.3, 0.4) is 0 Å². The first-order valence-corrected chi connectivity index (χ1v) is 19.2. The topological polar surface area (TPSA) is 67.9 Å². The SMILES string of the molecule is c1ccc(-c2nnc(-c3ccc(N(c4ccccc4)c4ccc(-c5nc6c(-c7ccccc7)ccc(-c7ccccc7)c6nc5-c5ccccc5)cc4)cc3)o2)cc1. The van der Waals surface area contributed by atoms with E-state index in [1.807, 2.05) is 66.7 Å². The molecule has 2 aromatic heterocycles. The van der Waals surface area contributed by atoms with Gasteiger partial charge in [0.1, 0.15) is 0 Å². The number of aromatic nitrogens is 4. The minimum Gasteiger partial charge on any atom is -0.416 e. The lowest BCUT2D eigenvalue weighted by Crippen LogP contribution is -2.09. The summed E-state index contributed by atoms with van der Waals surface area (Å²) in [4.78, 5) is 13.3. The van der Waals surface area contributed by atoms with Gasteiger partial charge in [-0.3, -0.25) is 0 Å². The van der Waals surface area contributed by atoms with Gasteiger partial charge < -0.3 is 9.32 Å². The summed E-state index contributed by atoms with van der Waals surface area (Å²) in [6.45, 7) is 0. The van der Waals surface area contributed by atoms with Crippen LogP contribution in [0.4, 0.5) is 17.1 Å². The summed E-state index contributed by atoms with van der Waals surface area (Å²) < 4.78 is 6.06. The summed E-state index contributed by atoms with van der Waals surface area (Å²) in [6.07, 6.45) is 0. The average molecular weight is 746 g/mol. The van der Waals surface area contributed by atoms with Gasteiger partial charge in [-0.1, -0.05) is 152 Å². The van der Waals surface area contributed by atoms with Gasteiger partial charge in [0, 0.05) is 50.4 Å². The van der Waals surface area contributed by atoms with E-state index in [0.29, 0.717) is 11.8 Å². The third-order valence-corrected chi connectivity index (χ3v) is 10.3. The molecule has 8 aromatic carbocycles. The molecule has 10 aromatic rings. The molecule has 0 N–H and O–H groups in total. The van der Waals surface area contributed by atoms with E-state index in [1.165, 1.54) is 0 Å². The van der Waals surface area contributed by atoms with Gasteiger partial charge in [0.05, 0.1) is 22.4 Å². The first-order valence-electron chi connectivity index (χ1n) is 19.2. The molecule has 0 aliphatic carbocycles. The maximum absolute atomic E-state index is 6.06.